The first-order chi connectivity index (χ1) is 14.7. The smallest absolute Gasteiger partial charge is 0.389 e. The van der Waals surface area contributed by atoms with Crippen molar-refractivity contribution in [1.82, 2.24) is 24.1 Å². The second kappa shape index (κ2) is 7.70. The first kappa shape index (κ1) is 22.9. The quantitative estimate of drug-likeness (QED) is 0.556. The van der Waals surface area contributed by atoms with E-state index in [2.05, 4.69) is 4.98 Å². The second-order valence-electron chi connectivity index (χ2n) is 6.73. The molecule has 1 amide bonds. The van der Waals surface area contributed by atoms with Crippen LogP contribution in [0.2, 0.25) is 0 Å². The van der Waals surface area contributed by atoms with Crippen LogP contribution in [-0.2, 0) is 16.2 Å². The van der Waals surface area contributed by atoms with Gasteiger partial charge < -0.3 is 19.2 Å². The summed E-state index contributed by atoms with van der Waals surface area (Å²) in [5, 5.41) is -0.427. The summed E-state index contributed by atoms with van der Waals surface area (Å²) in [7, 11) is -1.28. The van der Waals surface area contributed by atoms with E-state index in [1.165, 1.54) is 14.1 Å². The average Bonchev–Trinajstić information content (AvgIpc) is 3.11. The fourth-order valence-electron chi connectivity index (χ4n) is 2.61. The predicted octanol–water partition coefficient (Wildman–Crippen LogP) is 0.458. The highest BCUT2D eigenvalue weighted by Crippen LogP contribution is 2.35. The number of alkyl halides is 3. The van der Waals surface area contributed by atoms with Crippen molar-refractivity contribution in [3.8, 4) is 11.6 Å². The number of halogens is 3. The Labute approximate surface area is 176 Å². The van der Waals surface area contributed by atoms with Crippen LogP contribution in [-0.4, -0.2) is 59.0 Å². The van der Waals surface area contributed by atoms with Crippen LogP contribution in [0.4, 0.5) is 18.0 Å². The maximum absolute atomic E-state index is 13.7. The summed E-state index contributed by atoms with van der Waals surface area (Å²) in [6.45, 7) is 0. The lowest BCUT2D eigenvalue weighted by molar-refractivity contribution is -0.137. The molecule has 0 aliphatic heterocycles. The molecule has 32 heavy (non-hydrogen) atoms. The molecule has 3 rings (SSSR count). The molecule has 0 aliphatic carbocycles. The molecule has 0 saturated heterocycles. The van der Waals surface area contributed by atoms with Crippen LogP contribution >= 0.6 is 0 Å². The van der Waals surface area contributed by atoms with Crippen LogP contribution < -0.4 is 20.8 Å². The fourth-order valence-corrected chi connectivity index (χ4v) is 3.11. The monoisotopic (exact) mass is 476 g/mol. The normalized spacial score (nSPS) is 12.1. The number of aromatic nitrogens is 4. The van der Waals surface area contributed by atoms with Crippen molar-refractivity contribution in [3.63, 3.8) is 0 Å². The Morgan fingerprint density at radius 1 is 1.25 bits per heavy atom. The summed E-state index contributed by atoms with van der Waals surface area (Å²) in [6.07, 6.45) is -3.14. The van der Waals surface area contributed by atoms with Gasteiger partial charge in [0.15, 0.2) is 0 Å². The minimum Gasteiger partial charge on any atom is -0.389 e. The van der Waals surface area contributed by atoms with E-state index >= 15 is 0 Å². The van der Waals surface area contributed by atoms with Crippen molar-refractivity contribution in [2.24, 2.45) is 0 Å². The molecule has 0 aliphatic rings. The first-order valence-corrected chi connectivity index (χ1v) is 10.4. The minimum absolute atomic E-state index is 0.118. The van der Waals surface area contributed by atoms with E-state index in [9.17, 15) is 36.0 Å². The molecular formula is C16H15F3N6O6S. The van der Waals surface area contributed by atoms with Gasteiger partial charge in [0, 0.05) is 14.1 Å². The Balaban J connectivity index is 2.25. The maximum atomic E-state index is 13.7. The number of H-pyrrole nitrogens is 1. The first-order valence-electron chi connectivity index (χ1n) is 8.49. The van der Waals surface area contributed by atoms with Crippen LogP contribution in [0.25, 0.3) is 16.6 Å². The summed E-state index contributed by atoms with van der Waals surface area (Å²) < 4.78 is 69.8. The van der Waals surface area contributed by atoms with Crippen LogP contribution in [0.15, 0.2) is 34.2 Å². The van der Waals surface area contributed by atoms with Gasteiger partial charge in [-0.25, -0.2) is 27.8 Å². The molecule has 12 nitrogen and oxygen atoms in total. The summed E-state index contributed by atoms with van der Waals surface area (Å²) in [4.78, 5) is 44.8. The zero-order chi connectivity index (χ0) is 24.0. The molecule has 2 aromatic heterocycles. The van der Waals surface area contributed by atoms with Crippen molar-refractivity contribution in [3.05, 3.63) is 51.1 Å². The van der Waals surface area contributed by atoms with Gasteiger partial charge in [0.25, 0.3) is 5.56 Å². The number of hydrogen-bond donors (Lipinski definition) is 2. The predicted molar refractivity (Wildman–Crippen MR) is 105 cm³/mol. The molecule has 1 aromatic carbocycles. The SMILES string of the molecule is CN(C)C(=O)Oc1cn(-c2cc3c(=O)n(NS(C)(=O)=O)c(=O)[nH]c3cc2C(F)(F)F)cn1. The molecule has 172 valence electrons. The fraction of sp³-hybridized carbons (Fsp3) is 0.250. The number of aromatic amines is 1. The molecule has 0 radical (unpaired) electrons. The van der Waals surface area contributed by atoms with Gasteiger partial charge >= 0.3 is 18.0 Å². The lowest BCUT2D eigenvalue weighted by atomic mass is 10.1. The van der Waals surface area contributed by atoms with Crippen molar-refractivity contribution in [2.45, 2.75) is 6.18 Å². The van der Waals surface area contributed by atoms with Gasteiger partial charge in [0.05, 0.1) is 34.6 Å². The number of benzene rings is 1. The molecule has 0 atom stereocenters. The molecule has 0 bridgehead atoms. The number of ether oxygens (including phenoxy) is 1. The highest BCUT2D eigenvalue weighted by molar-refractivity contribution is 7.91. The Hall–Kier alpha value is -3.82. The zero-order valence-electron chi connectivity index (χ0n) is 16.6. The van der Waals surface area contributed by atoms with Crippen LogP contribution in [0, 0.1) is 0 Å². The van der Waals surface area contributed by atoms with Crippen LogP contribution in [0.3, 0.4) is 0 Å². The van der Waals surface area contributed by atoms with Gasteiger partial charge in [-0.05, 0) is 12.1 Å². The average molecular weight is 476 g/mol. The maximum Gasteiger partial charge on any atom is 0.418 e. The summed E-state index contributed by atoms with van der Waals surface area (Å²) in [5.41, 5.74) is -4.78. The van der Waals surface area contributed by atoms with E-state index < -0.39 is 55.7 Å². The van der Waals surface area contributed by atoms with E-state index in [0.29, 0.717) is 12.3 Å². The summed E-state index contributed by atoms with van der Waals surface area (Å²) in [5.74, 6) is -0.311. The van der Waals surface area contributed by atoms with Gasteiger partial charge in [-0.15, -0.1) is 0 Å². The Morgan fingerprint density at radius 3 is 2.47 bits per heavy atom. The van der Waals surface area contributed by atoms with Gasteiger partial charge in [-0.3, -0.25) is 4.79 Å². The number of hydrogen-bond acceptors (Lipinski definition) is 7. The van der Waals surface area contributed by atoms with Crippen molar-refractivity contribution in [1.29, 1.82) is 0 Å². The lowest BCUT2D eigenvalue weighted by Gasteiger charge is -2.15. The third-order valence-corrected chi connectivity index (χ3v) is 4.48. The number of nitrogens with one attached hydrogen (secondary N) is 2. The van der Waals surface area contributed by atoms with Crippen molar-refractivity contribution in [2.75, 3.05) is 25.2 Å². The molecule has 0 spiro atoms. The number of fused-ring (bicyclic) bond motifs is 1. The van der Waals surface area contributed by atoms with E-state index in [1.807, 2.05) is 4.98 Å². The minimum atomic E-state index is -4.91. The molecule has 0 fully saturated rings. The molecule has 0 saturated carbocycles. The summed E-state index contributed by atoms with van der Waals surface area (Å²) >= 11 is 0. The van der Waals surface area contributed by atoms with Gasteiger partial charge in [-0.1, -0.05) is 0 Å². The third kappa shape index (κ3) is 4.58. The second-order valence-corrected chi connectivity index (χ2v) is 8.46. The standard InChI is InChI=1S/C16H15F3N6O6S/c1-23(2)15(28)31-12-6-24(7-20-12)11-4-8-10(5-9(11)16(17,18)19)21-14(27)25(13(8)26)22-32(3,29)30/h4-7,22H,1-3H3,(H,21,27). The van der Waals surface area contributed by atoms with E-state index in [1.54, 1.807) is 4.83 Å². The molecule has 2 heterocycles. The number of amides is 1. The van der Waals surface area contributed by atoms with Gasteiger partial charge in [-0.2, -0.15) is 17.8 Å². The Kier molecular flexibility index (Phi) is 5.50. The highest BCUT2D eigenvalue weighted by atomic mass is 32.2. The number of nitrogens with zero attached hydrogens (tertiary/aromatic N) is 4. The molecule has 2 N–H and O–H groups in total. The number of sulfonamides is 1. The highest BCUT2D eigenvalue weighted by Gasteiger charge is 2.35. The number of carbonyl (C=O) groups is 1. The Morgan fingerprint density at radius 2 is 1.91 bits per heavy atom. The van der Waals surface area contributed by atoms with E-state index in [-0.39, 0.29) is 10.6 Å². The third-order valence-electron chi connectivity index (χ3n) is 3.97. The topological polar surface area (TPSA) is 148 Å². The van der Waals surface area contributed by atoms with Crippen molar-refractivity contribution >= 4 is 27.0 Å². The van der Waals surface area contributed by atoms with E-state index in [0.717, 1.165) is 28.1 Å². The van der Waals surface area contributed by atoms with Gasteiger partial charge in [0.2, 0.25) is 15.9 Å². The lowest BCUT2D eigenvalue weighted by Crippen LogP contribution is -2.43. The number of rotatable bonds is 4. The molecular weight excluding hydrogens is 461 g/mol. The summed E-state index contributed by atoms with van der Waals surface area (Å²) in [6, 6.07) is 1.33. The largest absolute Gasteiger partial charge is 0.418 e. The zero-order valence-corrected chi connectivity index (χ0v) is 17.4. The molecule has 0 unspecified atom stereocenters. The number of carbonyl (C=O) groups excluding carboxylic acids is 1. The molecule has 3 aromatic rings. The van der Waals surface area contributed by atoms with Crippen LogP contribution in [0.5, 0.6) is 5.88 Å². The van der Waals surface area contributed by atoms with Crippen molar-refractivity contribution < 1.29 is 31.1 Å². The molecule has 16 heteroatoms. The number of imidazole rings is 1. The van der Waals surface area contributed by atoms with Crippen LogP contribution in [0.1, 0.15) is 5.56 Å². The van der Waals surface area contributed by atoms with Gasteiger partial charge in [0.1, 0.15) is 6.33 Å². The van der Waals surface area contributed by atoms with E-state index in [4.69, 9.17) is 4.74 Å². The Bertz CT molecular complexity index is 1440.